The molecule has 384 valence electrons. The molecule has 0 aliphatic heterocycles. The predicted molar refractivity (Wildman–Crippen MR) is 198 cm³/mol. The second-order valence-electron chi connectivity index (χ2n) is 13.9. The maximum absolute atomic E-state index is 13.9. The number of amides is 1. The number of hydrogen-bond acceptors (Lipinski definition) is 14. The third-order valence-electron chi connectivity index (χ3n) is 8.29. The number of carbonyl (C=O) groups is 4. The summed E-state index contributed by atoms with van der Waals surface area (Å²) >= 11 is 0. The van der Waals surface area contributed by atoms with Crippen LogP contribution in [-0.4, -0.2) is 109 Å². The van der Waals surface area contributed by atoms with Gasteiger partial charge in [-0.3, -0.25) is 9.59 Å². The largest absolute Gasteiger partial charge is 0.743 e. The molecule has 0 aromatic heterocycles. The van der Waals surface area contributed by atoms with Crippen LogP contribution in [0.3, 0.4) is 0 Å². The Kier molecular flexibility index (Phi) is 19.7. The second kappa shape index (κ2) is 22.0. The summed E-state index contributed by atoms with van der Waals surface area (Å²) in [7, 11) is -13.8. The average molecular weight is 1050 g/mol. The van der Waals surface area contributed by atoms with E-state index in [2.05, 4.69) is 32.1 Å². The van der Waals surface area contributed by atoms with E-state index >= 15 is 0 Å². The van der Waals surface area contributed by atoms with Crippen molar-refractivity contribution in [2.45, 2.75) is 92.9 Å². The molecule has 0 heterocycles. The molecule has 0 saturated heterocycles. The Morgan fingerprint density at radius 3 is 1.31 bits per heavy atom. The minimum Gasteiger partial charge on any atom is -0.743 e. The Labute approximate surface area is 375 Å². The van der Waals surface area contributed by atoms with Crippen LogP contribution in [0.1, 0.15) is 43.4 Å². The number of carbonyl (C=O) groups excluding carboxylic acids is 4. The SMILES string of the molecule is C=C(C)C(=O)OC(OCCC(F)(F)C(F)(F)S(=O)(=O)[O-])(C(=O)Cc1ccc(C)cc1)C(F)(F)F.C=C(C)C(=O)OC(OCCC(F)(F)C(F)(F)S(=O)(=O)[O-])(C(=O)NCc1ccccc1)C(F)(F)F. The summed E-state index contributed by atoms with van der Waals surface area (Å²) in [5.74, 6) is -28.4. The molecule has 0 saturated carbocycles. The Hall–Kier alpha value is -5.24. The molecule has 15 nitrogen and oxygen atoms in total. The molecule has 1 amide bonds. The first-order valence-corrected chi connectivity index (χ1v) is 20.8. The molecule has 0 radical (unpaired) electrons. The second-order valence-corrected chi connectivity index (χ2v) is 16.7. The number of rotatable bonds is 22. The maximum Gasteiger partial charge on any atom is 0.466 e. The Bertz CT molecular complexity index is 2380. The van der Waals surface area contributed by atoms with Crippen LogP contribution in [0.5, 0.6) is 0 Å². The summed E-state index contributed by atoms with van der Waals surface area (Å²) in [6, 6.07) is 12.5. The van der Waals surface area contributed by atoms with Crippen molar-refractivity contribution in [3.05, 3.63) is 95.6 Å². The quantitative estimate of drug-likeness (QED) is 0.0435. The van der Waals surface area contributed by atoms with Gasteiger partial charge in [0.1, 0.15) is 0 Å². The summed E-state index contributed by atoms with van der Waals surface area (Å²) in [6.45, 7) is 4.66. The molecule has 2 aromatic carbocycles. The fourth-order valence-electron chi connectivity index (χ4n) is 4.51. The highest BCUT2D eigenvalue weighted by molar-refractivity contribution is 7.87. The van der Waals surface area contributed by atoms with E-state index in [1.807, 2.05) is 0 Å². The molecule has 2 atom stereocenters. The number of ketones is 1. The van der Waals surface area contributed by atoms with Crippen LogP contribution < -0.4 is 5.32 Å². The monoisotopic (exact) mass is 1050 g/mol. The van der Waals surface area contributed by atoms with Crippen molar-refractivity contribution in [1.82, 2.24) is 5.32 Å². The molecular weight excluding hydrogens is 1010 g/mol. The first-order valence-electron chi connectivity index (χ1n) is 18.0. The van der Waals surface area contributed by atoms with Crippen molar-refractivity contribution >= 4 is 43.9 Å². The molecule has 0 aliphatic rings. The number of alkyl halides is 14. The smallest absolute Gasteiger partial charge is 0.466 e. The molecule has 31 heteroatoms. The van der Waals surface area contributed by atoms with Gasteiger partial charge in [-0.1, -0.05) is 73.3 Å². The van der Waals surface area contributed by atoms with E-state index < -0.39 is 140 Å². The van der Waals surface area contributed by atoms with E-state index in [4.69, 9.17) is 0 Å². The van der Waals surface area contributed by atoms with E-state index in [9.17, 15) is 107 Å². The minimum absolute atomic E-state index is 0.0338. The van der Waals surface area contributed by atoms with E-state index in [1.165, 1.54) is 48.5 Å². The zero-order chi connectivity index (χ0) is 53.3. The van der Waals surface area contributed by atoms with Crippen molar-refractivity contribution in [2.24, 2.45) is 0 Å². The summed E-state index contributed by atoms with van der Waals surface area (Å²) < 4.78 is 270. The van der Waals surface area contributed by atoms with Gasteiger partial charge in [-0.2, -0.15) is 61.5 Å². The van der Waals surface area contributed by atoms with E-state index in [-0.39, 0.29) is 11.1 Å². The number of benzene rings is 2. The molecule has 68 heavy (non-hydrogen) atoms. The Morgan fingerprint density at radius 2 is 0.956 bits per heavy atom. The Balaban J connectivity index is 0.000000680. The molecule has 0 aliphatic carbocycles. The predicted octanol–water partition coefficient (Wildman–Crippen LogP) is 6.53. The van der Waals surface area contributed by atoms with Gasteiger partial charge in [-0.05, 0) is 31.9 Å². The third kappa shape index (κ3) is 14.6. The van der Waals surface area contributed by atoms with Gasteiger partial charge in [0.15, 0.2) is 20.2 Å². The summed E-state index contributed by atoms with van der Waals surface area (Å²) in [6.07, 6.45) is -17.9. The van der Waals surface area contributed by atoms with E-state index in [0.29, 0.717) is 5.56 Å². The molecule has 0 spiro atoms. The fraction of sp³-hybridized carbons (Fsp3) is 0.459. The highest BCUT2D eigenvalue weighted by atomic mass is 32.2. The molecule has 0 bridgehead atoms. The van der Waals surface area contributed by atoms with Crippen LogP contribution in [-0.2, 0) is 71.3 Å². The number of ether oxygens (including phenoxy) is 4. The van der Waals surface area contributed by atoms with Crippen LogP contribution >= 0.6 is 0 Å². The van der Waals surface area contributed by atoms with Crippen molar-refractivity contribution in [3.8, 4) is 0 Å². The van der Waals surface area contributed by atoms with Gasteiger partial charge < -0.3 is 33.4 Å². The van der Waals surface area contributed by atoms with Gasteiger partial charge in [-0.25, -0.2) is 26.4 Å². The number of hydrogen-bond donors (Lipinski definition) is 1. The first-order chi connectivity index (χ1) is 30.5. The van der Waals surface area contributed by atoms with E-state index in [1.54, 1.807) is 18.3 Å². The Morgan fingerprint density at radius 1 is 0.588 bits per heavy atom. The summed E-state index contributed by atoms with van der Waals surface area (Å²) in [4.78, 5) is 48.6. The minimum atomic E-state index is -6.93. The van der Waals surface area contributed by atoms with Gasteiger partial charge >= 0.3 is 64.1 Å². The zero-order valence-electron chi connectivity index (χ0n) is 34.7. The molecule has 0 fully saturated rings. The van der Waals surface area contributed by atoms with Gasteiger partial charge in [0, 0.05) is 37.0 Å². The number of halogens is 14. The normalized spacial score (nSPS) is 14.8. The molecular formula is C37H35F14NO14S2-2. The van der Waals surface area contributed by atoms with Crippen LogP contribution in [0, 0.1) is 6.92 Å². The number of esters is 2. The van der Waals surface area contributed by atoms with E-state index in [0.717, 1.165) is 13.8 Å². The third-order valence-corrected chi connectivity index (χ3v) is 10.1. The number of Topliss-reactive ketones (excluding diaryl/α,β-unsaturated/α-hetero) is 1. The highest BCUT2D eigenvalue weighted by Gasteiger charge is 2.69. The lowest BCUT2D eigenvalue weighted by atomic mass is 10.0. The first kappa shape index (κ1) is 60.8. The van der Waals surface area contributed by atoms with Gasteiger partial charge in [0.05, 0.1) is 13.2 Å². The topological polar surface area (TPSA) is 232 Å². The van der Waals surface area contributed by atoms with Gasteiger partial charge in [-0.15, -0.1) is 0 Å². The zero-order valence-corrected chi connectivity index (χ0v) is 36.3. The standard InChI is InChI=1S/C19H19F7O7S.C18H18F7NO7S/c1-11(2)15(28)33-17(18(22,23)24,14(27)10-13-6-4-12(3)5-7-13)32-9-8-16(20,21)19(25,26)34(29,30)31;1-11(2)13(27)33-16(17(21,22)23,14(28)26-10-12-6-4-3-5-7-12)32-9-8-15(19,20)18(24,25)34(29,30)31/h4-7H,1,8-10H2,2-3H3,(H,29,30,31);3-7H,1,8-10H2,2H3,(H,26,28)(H,29,30,31)/p-2. The molecule has 2 unspecified atom stereocenters. The van der Waals surface area contributed by atoms with Crippen molar-refractivity contribution in [1.29, 1.82) is 0 Å². The molecule has 2 rings (SSSR count). The summed E-state index contributed by atoms with van der Waals surface area (Å²) in [5.41, 5.74) is -0.449. The molecule has 2 aromatic rings. The molecule has 1 N–H and O–H groups in total. The van der Waals surface area contributed by atoms with Crippen LogP contribution in [0.4, 0.5) is 61.5 Å². The van der Waals surface area contributed by atoms with Crippen molar-refractivity contribution < 1.29 is 126 Å². The number of nitrogens with one attached hydrogen (secondary N) is 1. The lowest BCUT2D eigenvalue weighted by molar-refractivity contribution is -0.349. The summed E-state index contributed by atoms with van der Waals surface area (Å²) in [5, 5.41) is -10.7. The highest BCUT2D eigenvalue weighted by Crippen LogP contribution is 2.44. The van der Waals surface area contributed by atoms with Crippen molar-refractivity contribution in [2.75, 3.05) is 13.2 Å². The fourth-order valence-corrected chi connectivity index (χ4v) is 5.45. The average Bonchev–Trinajstić information content (AvgIpc) is 3.18. The number of aryl methyl sites for hydroxylation is 1. The lowest BCUT2D eigenvalue weighted by Crippen LogP contribution is -2.61. The van der Waals surface area contributed by atoms with Crippen molar-refractivity contribution in [3.63, 3.8) is 0 Å². The van der Waals surface area contributed by atoms with Crippen LogP contribution in [0.15, 0.2) is 78.9 Å². The van der Waals surface area contributed by atoms with Crippen LogP contribution in [0.25, 0.3) is 0 Å². The lowest BCUT2D eigenvalue weighted by Gasteiger charge is -2.34. The van der Waals surface area contributed by atoms with Gasteiger partial charge in [0.2, 0.25) is 5.78 Å². The maximum atomic E-state index is 13.9. The van der Waals surface area contributed by atoms with Crippen LogP contribution in [0.2, 0.25) is 0 Å². The van der Waals surface area contributed by atoms with Gasteiger partial charge in [0.25, 0.3) is 0 Å².